The summed E-state index contributed by atoms with van der Waals surface area (Å²) in [6, 6.07) is 2.33. The van der Waals surface area contributed by atoms with Crippen LogP contribution in [0, 0.1) is 17.0 Å². The van der Waals surface area contributed by atoms with Gasteiger partial charge in [-0.05, 0) is 25.5 Å². The summed E-state index contributed by atoms with van der Waals surface area (Å²) in [5.41, 5.74) is 5.06. The average Bonchev–Trinajstić information content (AvgIpc) is 2.36. The van der Waals surface area contributed by atoms with Crippen LogP contribution in [0.5, 0.6) is 0 Å². The van der Waals surface area contributed by atoms with Crippen LogP contribution in [0.25, 0.3) is 0 Å². The number of primary amides is 1. The molecule has 21 heavy (non-hydrogen) atoms. The fraction of sp³-hybridized carbons (Fsp3) is 0.364. The Bertz CT molecular complexity index is 671. The number of nitro benzene ring substituents is 1. The highest BCUT2D eigenvalue weighted by Gasteiger charge is 2.24. The summed E-state index contributed by atoms with van der Waals surface area (Å²) in [7, 11) is -4.06. The SMILES string of the molecule is CCNc1cc(C)c(S(=O)(=O)NCC(N)=O)cc1[N+](=O)[O-]. The lowest BCUT2D eigenvalue weighted by Crippen LogP contribution is -2.33. The van der Waals surface area contributed by atoms with E-state index < -0.39 is 27.4 Å². The molecule has 0 aliphatic heterocycles. The smallest absolute Gasteiger partial charge is 0.293 e. The molecular formula is C11H16N4O5S. The first-order valence-corrected chi connectivity index (χ1v) is 7.48. The standard InChI is InChI=1S/C11H16N4O5S/c1-3-13-8-4-7(2)10(5-9(8)15(17)18)21(19,20)14-6-11(12)16/h4-5,13-14H,3,6H2,1-2H3,(H2,12,16). The van der Waals surface area contributed by atoms with Crippen molar-refractivity contribution in [3.8, 4) is 0 Å². The molecule has 9 nitrogen and oxygen atoms in total. The molecule has 1 amide bonds. The maximum atomic E-state index is 12.0. The van der Waals surface area contributed by atoms with E-state index >= 15 is 0 Å². The van der Waals surface area contributed by atoms with Gasteiger partial charge in [-0.1, -0.05) is 0 Å². The summed E-state index contributed by atoms with van der Waals surface area (Å²) in [4.78, 5) is 20.7. The molecule has 1 aromatic carbocycles. The van der Waals surface area contributed by atoms with Gasteiger partial charge in [0.05, 0.1) is 16.4 Å². The van der Waals surface area contributed by atoms with Gasteiger partial charge in [0.2, 0.25) is 15.9 Å². The van der Waals surface area contributed by atoms with Crippen LogP contribution < -0.4 is 15.8 Å². The number of rotatable bonds is 7. The second kappa shape index (κ2) is 6.50. The van der Waals surface area contributed by atoms with Gasteiger partial charge in [-0.2, -0.15) is 0 Å². The van der Waals surface area contributed by atoms with Crippen molar-refractivity contribution in [3.63, 3.8) is 0 Å². The van der Waals surface area contributed by atoms with Crippen LogP contribution >= 0.6 is 0 Å². The molecule has 0 aromatic heterocycles. The Kier molecular flexibility index (Phi) is 5.22. The number of hydrogen-bond acceptors (Lipinski definition) is 6. The number of sulfonamides is 1. The first kappa shape index (κ1) is 16.9. The summed E-state index contributed by atoms with van der Waals surface area (Å²) in [6.07, 6.45) is 0. The van der Waals surface area contributed by atoms with Crippen molar-refractivity contribution in [2.45, 2.75) is 18.7 Å². The Hall–Kier alpha value is -2.20. The van der Waals surface area contributed by atoms with E-state index in [0.717, 1.165) is 6.07 Å². The Morgan fingerprint density at radius 2 is 2.05 bits per heavy atom. The highest BCUT2D eigenvalue weighted by molar-refractivity contribution is 7.89. The second-order valence-corrected chi connectivity index (χ2v) is 5.95. The van der Waals surface area contributed by atoms with Gasteiger partial charge in [-0.3, -0.25) is 14.9 Å². The Morgan fingerprint density at radius 1 is 1.43 bits per heavy atom. The molecule has 0 fully saturated rings. The number of nitrogens with two attached hydrogens (primary N) is 1. The summed E-state index contributed by atoms with van der Waals surface area (Å²) >= 11 is 0. The van der Waals surface area contributed by atoms with Crippen LogP contribution in [0.15, 0.2) is 17.0 Å². The number of hydrogen-bond donors (Lipinski definition) is 3. The summed E-state index contributed by atoms with van der Waals surface area (Å²) < 4.78 is 26.1. The molecule has 0 aliphatic carbocycles. The van der Waals surface area contributed by atoms with Crippen LogP contribution in [-0.4, -0.2) is 32.3 Å². The largest absolute Gasteiger partial charge is 0.380 e. The van der Waals surface area contributed by atoms with E-state index in [1.165, 1.54) is 13.0 Å². The molecule has 0 bridgehead atoms. The van der Waals surface area contributed by atoms with Crippen molar-refractivity contribution in [2.24, 2.45) is 5.73 Å². The molecular weight excluding hydrogens is 300 g/mol. The minimum absolute atomic E-state index is 0.230. The lowest BCUT2D eigenvalue weighted by molar-refractivity contribution is -0.384. The van der Waals surface area contributed by atoms with Gasteiger partial charge in [0.25, 0.3) is 5.69 Å². The molecule has 0 radical (unpaired) electrons. The van der Waals surface area contributed by atoms with Gasteiger partial charge < -0.3 is 11.1 Å². The van der Waals surface area contributed by atoms with E-state index in [0.29, 0.717) is 12.1 Å². The van der Waals surface area contributed by atoms with Crippen molar-refractivity contribution in [1.82, 2.24) is 4.72 Å². The van der Waals surface area contributed by atoms with Gasteiger partial charge in [0, 0.05) is 12.6 Å². The third-order valence-electron chi connectivity index (χ3n) is 2.58. The maximum Gasteiger partial charge on any atom is 0.293 e. The van der Waals surface area contributed by atoms with Crippen molar-refractivity contribution < 1.29 is 18.1 Å². The zero-order valence-electron chi connectivity index (χ0n) is 11.5. The summed E-state index contributed by atoms with van der Waals surface area (Å²) in [5, 5.41) is 13.8. The number of carbonyl (C=O) groups is 1. The second-order valence-electron chi connectivity index (χ2n) is 4.21. The molecule has 4 N–H and O–H groups in total. The molecule has 0 saturated heterocycles. The van der Waals surface area contributed by atoms with E-state index in [4.69, 9.17) is 5.73 Å². The number of nitrogens with zero attached hydrogens (tertiary/aromatic N) is 1. The van der Waals surface area contributed by atoms with E-state index in [1.54, 1.807) is 6.92 Å². The van der Waals surface area contributed by atoms with Crippen molar-refractivity contribution >= 4 is 27.3 Å². The predicted octanol–water partition coefficient (Wildman–Crippen LogP) is 0.0986. The molecule has 0 heterocycles. The zero-order valence-corrected chi connectivity index (χ0v) is 12.4. The Morgan fingerprint density at radius 3 is 2.52 bits per heavy atom. The topological polar surface area (TPSA) is 144 Å². The van der Waals surface area contributed by atoms with E-state index in [2.05, 4.69) is 5.32 Å². The molecule has 0 spiro atoms. The first-order chi connectivity index (χ1) is 9.69. The third kappa shape index (κ3) is 4.13. The molecule has 1 rings (SSSR count). The maximum absolute atomic E-state index is 12.0. The highest BCUT2D eigenvalue weighted by atomic mass is 32.2. The molecule has 116 valence electrons. The van der Waals surface area contributed by atoms with Crippen LogP contribution in [-0.2, 0) is 14.8 Å². The van der Waals surface area contributed by atoms with E-state index in [9.17, 15) is 23.3 Å². The quantitative estimate of drug-likeness (QED) is 0.480. The number of anilines is 1. The molecule has 0 aliphatic rings. The summed E-state index contributed by atoms with van der Waals surface area (Å²) in [5.74, 6) is -0.852. The zero-order chi connectivity index (χ0) is 16.2. The third-order valence-corrected chi connectivity index (χ3v) is 4.13. The fourth-order valence-electron chi connectivity index (χ4n) is 1.69. The van der Waals surface area contributed by atoms with Crippen LogP contribution in [0.3, 0.4) is 0 Å². The number of benzene rings is 1. The van der Waals surface area contributed by atoms with Gasteiger partial charge in [-0.15, -0.1) is 0 Å². The fourth-order valence-corrected chi connectivity index (χ4v) is 2.93. The lowest BCUT2D eigenvalue weighted by atomic mass is 10.2. The van der Waals surface area contributed by atoms with Gasteiger partial charge in [0.1, 0.15) is 5.69 Å². The predicted molar refractivity (Wildman–Crippen MR) is 76.4 cm³/mol. The molecule has 0 unspecified atom stereocenters. The Labute approximate surface area is 121 Å². The first-order valence-electron chi connectivity index (χ1n) is 6.00. The van der Waals surface area contributed by atoms with E-state index in [1.807, 2.05) is 4.72 Å². The van der Waals surface area contributed by atoms with Crippen molar-refractivity contribution in [3.05, 3.63) is 27.8 Å². The molecule has 0 saturated carbocycles. The normalized spacial score (nSPS) is 11.1. The number of amides is 1. The van der Waals surface area contributed by atoms with Gasteiger partial charge in [-0.25, -0.2) is 13.1 Å². The minimum atomic E-state index is -4.06. The van der Waals surface area contributed by atoms with Crippen molar-refractivity contribution in [2.75, 3.05) is 18.4 Å². The molecule has 10 heteroatoms. The van der Waals surface area contributed by atoms with E-state index in [-0.39, 0.29) is 16.3 Å². The number of nitrogens with one attached hydrogen (secondary N) is 2. The average molecular weight is 316 g/mol. The van der Waals surface area contributed by atoms with Crippen LogP contribution in [0.2, 0.25) is 0 Å². The Balaban J connectivity index is 3.34. The molecule has 1 aromatic rings. The van der Waals surface area contributed by atoms with Crippen LogP contribution in [0.4, 0.5) is 11.4 Å². The van der Waals surface area contributed by atoms with Gasteiger partial charge in [0.15, 0.2) is 0 Å². The van der Waals surface area contributed by atoms with Gasteiger partial charge >= 0.3 is 0 Å². The van der Waals surface area contributed by atoms with Crippen molar-refractivity contribution in [1.29, 1.82) is 0 Å². The molecule has 0 atom stereocenters. The number of carbonyl (C=O) groups excluding carboxylic acids is 1. The number of aryl methyl sites for hydroxylation is 1. The number of nitro groups is 1. The summed E-state index contributed by atoms with van der Waals surface area (Å²) in [6.45, 7) is 3.14. The van der Waals surface area contributed by atoms with Crippen LogP contribution in [0.1, 0.15) is 12.5 Å². The monoisotopic (exact) mass is 316 g/mol. The minimum Gasteiger partial charge on any atom is -0.380 e. The lowest BCUT2D eigenvalue weighted by Gasteiger charge is -2.11. The highest BCUT2D eigenvalue weighted by Crippen LogP contribution is 2.30.